The summed E-state index contributed by atoms with van der Waals surface area (Å²) < 4.78 is 0. The molecule has 0 spiro atoms. The van der Waals surface area contributed by atoms with Gasteiger partial charge in [-0.05, 0) is 14.1 Å². The minimum Gasteiger partial charge on any atom is -0.465 e. The Balaban J connectivity index is 2.16. The Bertz CT molecular complexity index is 433. The lowest BCUT2D eigenvalue weighted by Crippen LogP contribution is -2.35. The molecule has 1 aromatic rings. The van der Waals surface area contributed by atoms with Crippen molar-refractivity contribution in [2.24, 2.45) is 0 Å². The van der Waals surface area contributed by atoms with Gasteiger partial charge in [0.1, 0.15) is 5.82 Å². The lowest BCUT2D eigenvalue weighted by atomic mass is 10.1. The highest BCUT2D eigenvalue weighted by atomic mass is 16.4. The second kappa shape index (κ2) is 4.67. The van der Waals surface area contributed by atoms with Crippen LogP contribution in [0.1, 0.15) is 17.1 Å². The summed E-state index contributed by atoms with van der Waals surface area (Å²) in [6, 6.07) is 0. The number of nitrogens with zero attached hydrogens (tertiary/aromatic N) is 4. The van der Waals surface area contributed by atoms with Crippen molar-refractivity contribution in [3.8, 4) is 0 Å². The monoisotopic (exact) mass is 236 g/mol. The first-order valence-electron chi connectivity index (χ1n) is 5.52. The highest BCUT2D eigenvalue weighted by Crippen LogP contribution is 2.16. The topological polar surface area (TPSA) is 69.6 Å². The third kappa shape index (κ3) is 2.71. The van der Waals surface area contributed by atoms with Crippen LogP contribution < -0.4 is 0 Å². The van der Waals surface area contributed by atoms with E-state index in [0.29, 0.717) is 26.1 Å². The molecule has 0 saturated heterocycles. The van der Waals surface area contributed by atoms with Gasteiger partial charge in [-0.1, -0.05) is 0 Å². The molecule has 92 valence electrons. The van der Waals surface area contributed by atoms with Crippen LogP contribution in [-0.2, 0) is 19.5 Å². The Morgan fingerprint density at radius 3 is 3.00 bits per heavy atom. The first-order chi connectivity index (χ1) is 8.06. The summed E-state index contributed by atoms with van der Waals surface area (Å²) in [6.07, 6.45) is 1.54. The number of carboxylic acid groups (broad SMARTS) is 1. The van der Waals surface area contributed by atoms with E-state index < -0.39 is 6.09 Å². The van der Waals surface area contributed by atoms with Gasteiger partial charge in [0, 0.05) is 24.7 Å². The van der Waals surface area contributed by atoms with Crippen molar-refractivity contribution in [3.63, 3.8) is 0 Å². The van der Waals surface area contributed by atoms with Crippen LogP contribution in [0.25, 0.3) is 0 Å². The van der Waals surface area contributed by atoms with Gasteiger partial charge in [0.2, 0.25) is 0 Å². The average molecular weight is 236 g/mol. The number of aromatic nitrogens is 2. The van der Waals surface area contributed by atoms with E-state index in [-0.39, 0.29) is 0 Å². The van der Waals surface area contributed by atoms with Crippen LogP contribution in [0.15, 0.2) is 6.20 Å². The van der Waals surface area contributed by atoms with Crippen molar-refractivity contribution in [1.29, 1.82) is 0 Å². The first kappa shape index (κ1) is 11.8. The maximum Gasteiger partial charge on any atom is 0.407 e. The van der Waals surface area contributed by atoms with Crippen LogP contribution in [0.3, 0.4) is 0 Å². The Hall–Kier alpha value is -1.69. The van der Waals surface area contributed by atoms with Gasteiger partial charge >= 0.3 is 6.09 Å². The molecule has 0 unspecified atom stereocenters. The highest BCUT2D eigenvalue weighted by Gasteiger charge is 2.21. The zero-order chi connectivity index (χ0) is 12.4. The third-order valence-corrected chi connectivity index (χ3v) is 2.71. The zero-order valence-electron chi connectivity index (χ0n) is 10.1. The Morgan fingerprint density at radius 1 is 1.59 bits per heavy atom. The smallest absolute Gasteiger partial charge is 0.407 e. The third-order valence-electron chi connectivity index (χ3n) is 2.71. The fourth-order valence-electron chi connectivity index (χ4n) is 1.88. The molecular weight excluding hydrogens is 220 g/mol. The van der Waals surface area contributed by atoms with Crippen LogP contribution >= 0.6 is 0 Å². The molecule has 17 heavy (non-hydrogen) atoms. The summed E-state index contributed by atoms with van der Waals surface area (Å²) in [5.41, 5.74) is 1.90. The molecule has 1 N–H and O–H groups in total. The van der Waals surface area contributed by atoms with E-state index in [4.69, 9.17) is 5.11 Å². The maximum absolute atomic E-state index is 10.9. The molecule has 1 aromatic heterocycles. The average Bonchev–Trinajstić information content (AvgIpc) is 2.27. The molecule has 0 radical (unpaired) electrons. The van der Waals surface area contributed by atoms with Gasteiger partial charge in [-0.25, -0.2) is 14.8 Å². The second-order valence-corrected chi connectivity index (χ2v) is 4.45. The summed E-state index contributed by atoms with van der Waals surface area (Å²) in [7, 11) is 3.93. The van der Waals surface area contributed by atoms with Crippen LogP contribution in [0.4, 0.5) is 4.79 Å². The van der Waals surface area contributed by atoms with Gasteiger partial charge in [0.25, 0.3) is 0 Å². The van der Waals surface area contributed by atoms with Gasteiger partial charge in [-0.15, -0.1) is 0 Å². The van der Waals surface area contributed by atoms with Crippen molar-refractivity contribution in [2.75, 3.05) is 20.6 Å². The largest absolute Gasteiger partial charge is 0.465 e. The van der Waals surface area contributed by atoms with E-state index in [2.05, 4.69) is 9.97 Å². The number of rotatable bonds is 2. The van der Waals surface area contributed by atoms with Crippen molar-refractivity contribution in [3.05, 3.63) is 23.3 Å². The summed E-state index contributed by atoms with van der Waals surface area (Å²) in [5, 5.41) is 8.92. The van der Waals surface area contributed by atoms with Crippen molar-refractivity contribution in [1.82, 2.24) is 19.8 Å². The van der Waals surface area contributed by atoms with E-state index in [1.54, 1.807) is 6.20 Å². The molecule has 0 bridgehead atoms. The predicted molar refractivity (Wildman–Crippen MR) is 61.6 cm³/mol. The lowest BCUT2D eigenvalue weighted by Gasteiger charge is -2.25. The van der Waals surface area contributed by atoms with Crippen LogP contribution in [-0.4, -0.2) is 51.6 Å². The normalized spacial score (nSPS) is 14.9. The first-order valence-corrected chi connectivity index (χ1v) is 5.52. The molecule has 0 saturated carbocycles. The molecule has 1 amide bonds. The predicted octanol–water partition coefficient (Wildman–Crippen LogP) is 0.574. The fourth-order valence-corrected chi connectivity index (χ4v) is 1.88. The zero-order valence-corrected chi connectivity index (χ0v) is 10.1. The standard InChI is InChI=1S/C11H16N4O2/c1-14(2)7-10-12-5-8-6-15(11(16)17)4-3-9(8)13-10/h5H,3-4,6-7H2,1-2H3,(H,16,17). The van der Waals surface area contributed by atoms with Crippen molar-refractivity contribution in [2.45, 2.75) is 19.5 Å². The molecule has 1 aliphatic heterocycles. The number of hydrogen-bond acceptors (Lipinski definition) is 4. The van der Waals surface area contributed by atoms with Gasteiger partial charge in [-0.3, -0.25) is 0 Å². The van der Waals surface area contributed by atoms with Gasteiger partial charge in [-0.2, -0.15) is 0 Å². The van der Waals surface area contributed by atoms with Gasteiger partial charge in [0.15, 0.2) is 0 Å². The Morgan fingerprint density at radius 2 is 2.35 bits per heavy atom. The molecule has 6 nitrogen and oxygen atoms in total. The second-order valence-electron chi connectivity index (χ2n) is 4.45. The number of amides is 1. The van der Waals surface area contributed by atoms with Crippen LogP contribution in [0.2, 0.25) is 0 Å². The van der Waals surface area contributed by atoms with Crippen molar-refractivity contribution >= 4 is 6.09 Å². The molecule has 2 rings (SSSR count). The fraction of sp³-hybridized carbons (Fsp3) is 0.545. The van der Waals surface area contributed by atoms with Crippen LogP contribution in [0, 0.1) is 0 Å². The Kier molecular flexibility index (Phi) is 3.23. The minimum absolute atomic E-state index is 0.396. The lowest BCUT2D eigenvalue weighted by molar-refractivity contribution is 0.139. The number of carbonyl (C=O) groups is 1. The van der Waals surface area contributed by atoms with Crippen molar-refractivity contribution < 1.29 is 9.90 Å². The molecule has 2 heterocycles. The minimum atomic E-state index is -0.881. The van der Waals surface area contributed by atoms with E-state index >= 15 is 0 Å². The van der Waals surface area contributed by atoms with E-state index in [0.717, 1.165) is 17.1 Å². The summed E-state index contributed by atoms with van der Waals surface area (Å²) in [6.45, 7) is 1.61. The SMILES string of the molecule is CN(C)Cc1ncc2c(n1)CCN(C(=O)O)C2. The molecule has 1 aliphatic rings. The number of hydrogen-bond donors (Lipinski definition) is 1. The van der Waals surface area contributed by atoms with Crippen LogP contribution in [0.5, 0.6) is 0 Å². The molecule has 6 heteroatoms. The van der Waals surface area contributed by atoms with E-state index in [9.17, 15) is 4.79 Å². The van der Waals surface area contributed by atoms with Gasteiger partial charge in [0.05, 0.1) is 18.8 Å². The highest BCUT2D eigenvalue weighted by molar-refractivity contribution is 5.65. The summed E-state index contributed by atoms with van der Waals surface area (Å²) in [4.78, 5) is 23.0. The molecule has 0 atom stereocenters. The van der Waals surface area contributed by atoms with Gasteiger partial charge < -0.3 is 14.9 Å². The Labute approximate surface area is 99.9 Å². The van der Waals surface area contributed by atoms with E-state index in [1.165, 1.54) is 4.90 Å². The summed E-state index contributed by atoms with van der Waals surface area (Å²) in [5.74, 6) is 0.789. The summed E-state index contributed by atoms with van der Waals surface area (Å²) >= 11 is 0. The number of fused-ring (bicyclic) bond motifs is 1. The quantitative estimate of drug-likeness (QED) is 0.813. The molecular formula is C11H16N4O2. The molecule has 0 fully saturated rings. The molecule has 0 aromatic carbocycles. The van der Waals surface area contributed by atoms with E-state index in [1.807, 2.05) is 19.0 Å². The molecule has 0 aliphatic carbocycles. The maximum atomic E-state index is 10.9.